The Morgan fingerprint density at radius 1 is 1.50 bits per heavy atom. The van der Waals surface area contributed by atoms with Crippen molar-refractivity contribution < 1.29 is 0 Å². The van der Waals surface area contributed by atoms with E-state index in [2.05, 4.69) is 15.1 Å². The molecule has 1 aliphatic heterocycles. The minimum atomic E-state index is 0.638. The number of nitrogens with zero attached hydrogens (tertiary/aromatic N) is 2. The molecule has 0 saturated heterocycles. The fraction of sp³-hybridized carbons (Fsp3) is 0.700. The number of aromatic nitrogens is 2. The molecule has 1 aromatic rings. The number of rotatable bonds is 2. The van der Waals surface area contributed by atoms with Crippen molar-refractivity contribution in [3.63, 3.8) is 0 Å². The Morgan fingerprint density at radius 3 is 3.07 bits per heavy atom. The first-order valence-corrected chi connectivity index (χ1v) is 5.40. The van der Waals surface area contributed by atoms with E-state index in [1.165, 1.54) is 29.8 Å². The topological polar surface area (TPSA) is 55.9 Å². The minimum Gasteiger partial charge on any atom is -0.325 e. The maximum atomic E-state index is 5.80. The molecule has 1 aliphatic carbocycles. The summed E-state index contributed by atoms with van der Waals surface area (Å²) in [6, 6.07) is 0.652. The average molecular weight is 192 g/mol. The molecule has 14 heavy (non-hydrogen) atoms. The second-order valence-corrected chi connectivity index (χ2v) is 4.18. The van der Waals surface area contributed by atoms with Crippen LogP contribution < -0.4 is 11.1 Å². The summed E-state index contributed by atoms with van der Waals surface area (Å²) in [6.45, 7) is 2.62. The molecule has 4 nitrogen and oxygen atoms in total. The summed E-state index contributed by atoms with van der Waals surface area (Å²) in [5.41, 5.74) is 9.73. The second kappa shape index (κ2) is 3.07. The van der Waals surface area contributed by atoms with Crippen molar-refractivity contribution in [3.8, 4) is 0 Å². The second-order valence-electron chi connectivity index (χ2n) is 4.18. The molecule has 3 N–H and O–H groups in total. The summed E-state index contributed by atoms with van der Waals surface area (Å²) in [5.74, 6) is 0. The Balaban J connectivity index is 2.06. The van der Waals surface area contributed by atoms with E-state index in [-0.39, 0.29) is 0 Å². The van der Waals surface area contributed by atoms with E-state index in [0.29, 0.717) is 12.6 Å². The molecule has 4 heteroatoms. The summed E-state index contributed by atoms with van der Waals surface area (Å²) in [7, 11) is 0. The van der Waals surface area contributed by atoms with Crippen LogP contribution in [0.1, 0.15) is 35.8 Å². The lowest BCUT2D eigenvalue weighted by molar-refractivity contribution is 0.588. The van der Waals surface area contributed by atoms with Crippen LogP contribution in [0, 0.1) is 0 Å². The smallest absolute Gasteiger partial charge is 0.0798 e. The quantitative estimate of drug-likeness (QED) is 0.709. The van der Waals surface area contributed by atoms with E-state index in [1.54, 1.807) is 0 Å². The van der Waals surface area contributed by atoms with Crippen LogP contribution in [0.2, 0.25) is 0 Å². The molecular weight excluding hydrogens is 176 g/mol. The molecule has 1 aromatic heterocycles. The first-order valence-electron chi connectivity index (χ1n) is 5.40. The fourth-order valence-electron chi connectivity index (χ4n) is 2.24. The highest BCUT2D eigenvalue weighted by molar-refractivity contribution is 5.29. The normalized spacial score (nSPS) is 20.9. The highest BCUT2D eigenvalue weighted by atomic mass is 15.3. The van der Waals surface area contributed by atoms with E-state index in [1.807, 2.05) is 0 Å². The van der Waals surface area contributed by atoms with Gasteiger partial charge in [-0.15, -0.1) is 0 Å². The van der Waals surface area contributed by atoms with Crippen molar-refractivity contribution in [2.45, 2.75) is 38.4 Å². The van der Waals surface area contributed by atoms with Gasteiger partial charge in [0.1, 0.15) is 0 Å². The summed E-state index contributed by atoms with van der Waals surface area (Å²) < 4.78 is 2.18. The van der Waals surface area contributed by atoms with Gasteiger partial charge in [-0.05, 0) is 25.8 Å². The molecule has 1 fully saturated rings. The van der Waals surface area contributed by atoms with E-state index < -0.39 is 0 Å². The Bertz CT molecular complexity index is 351. The van der Waals surface area contributed by atoms with Gasteiger partial charge in [0.25, 0.3) is 0 Å². The standard InChI is InChI=1S/C10H16N4/c11-5-10-8-3-4-12-6-9(8)13-14(10)7-1-2-7/h7,12H,1-6,11H2. The lowest BCUT2D eigenvalue weighted by Gasteiger charge is -2.12. The summed E-state index contributed by atoms with van der Waals surface area (Å²) in [5, 5.41) is 8.01. The summed E-state index contributed by atoms with van der Waals surface area (Å²) >= 11 is 0. The van der Waals surface area contributed by atoms with Crippen molar-refractivity contribution in [2.24, 2.45) is 5.73 Å². The van der Waals surface area contributed by atoms with Gasteiger partial charge in [-0.25, -0.2) is 0 Å². The highest BCUT2D eigenvalue weighted by Gasteiger charge is 2.29. The van der Waals surface area contributed by atoms with Crippen molar-refractivity contribution in [2.75, 3.05) is 6.54 Å². The van der Waals surface area contributed by atoms with Gasteiger partial charge in [0.2, 0.25) is 0 Å². The lowest BCUT2D eigenvalue weighted by Crippen LogP contribution is -2.23. The third-order valence-corrected chi connectivity index (χ3v) is 3.13. The predicted molar refractivity (Wildman–Crippen MR) is 53.8 cm³/mol. The van der Waals surface area contributed by atoms with Gasteiger partial charge < -0.3 is 11.1 Å². The van der Waals surface area contributed by atoms with E-state index in [4.69, 9.17) is 5.73 Å². The molecule has 0 spiro atoms. The van der Waals surface area contributed by atoms with Crippen LogP contribution in [0.25, 0.3) is 0 Å². The molecule has 3 rings (SSSR count). The SMILES string of the molecule is NCc1c2c(nn1C1CC1)CNCC2. The first kappa shape index (κ1) is 8.44. The van der Waals surface area contributed by atoms with Gasteiger partial charge in [0.15, 0.2) is 0 Å². The molecule has 0 bridgehead atoms. The third-order valence-electron chi connectivity index (χ3n) is 3.13. The zero-order chi connectivity index (χ0) is 9.54. The average Bonchev–Trinajstić information content (AvgIpc) is 2.99. The van der Waals surface area contributed by atoms with Crippen molar-refractivity contribution in [1.29, 1.82) is 0 Å². The van der Waals surface area contributed by atoms with Crippen LogP contribution in [0.5, 0.6) is 0 Å². The van der Waals surface area contributed by atoms with Crippen LogP contribution >= 0.6 is 0 Å². The number of nitrogens with one attached hydrogen (secondary N) is 1. The van der Waals surface area contributed by atoms with Crippen LogP contribution in [-0.4, -0.2) is 16.3 Å². The number of nitrogens with two attached hydrogens (primary N) is 1. The molecule has 0 radical (unpaired) electrons. The van der Waals surface area contributed by atoms with Crippen molar-refractivity contribution >= 4 is 0 Å². The Morgan fingerprint density at radius 2 is 2.36 bits per heavy atom. The lowest BCUT2D eigenvalue weighted by atomic mass is 10.1. The summed E-state index contributed by atoms with van der Waals surface area (Å²) in [4.78, 5) is 0. The van der Waals surface area contributed by atoms with Gasteiger partial charge >= 0.3 is 0 Å². The molecule has 2 heterocycles. The van der Waals surface area contributed by atoms with E-state index in [9.17, 15) is 0 Å². The first-order chi connectivity index (χ1) is 6.90. The number of fused-ring (bicyclic) bond motifs is 1. The van der Waals surface area contributed by atoms with Crippen molar-refractivity contribution in [3.05, 3.63) is 17.0 Å². The largest absolute Gasteiger partial charge is 0.325 e. The maximum Gasteiger partial charge on any atom is 0.0798 e. The molecule has 0 amide bonds. The fourth-order valence-corrected chi connectivity index (χ4v) is 2.24. The third kappa shape index (κ3) is 1.18. The minimum absolute atomic E-state index is 0.638. The predicted octanol–water partition coefficient (Wildman–Crippen LogP) is 0.322. The molecule has 1 saturated carbocycles. The molecule has 0 aromatic carbocycles. The van der Waals surface area contributed by atoms with E-state index >= 15 is 0 Å². The Hall–Kier alpha value is -0.870. The van der Waals surface area contributed by atoms with Gasteiger partial charge in [-0.1, -0.05) is 0 Å². The van der Waals surface area contributed by atoms with Gasteiger partial charge in [0.05, 0.1) is 17.4 Å². The summed E-state index contributed by atoms with van der Waals surface area (Å²) in [6.07, 6.45) is 3.65. The zero-order valence-corrected chi connectivity index (χ0v) is 8.29. The maximum absolute atomic E-state index is 5.80. The van der Waals surface area contributed by atoms with Gasteiger partial charge in [-0.2, -0.15) is 5.10 Å². The zero-order valence-electron chi connectivity index (χ0n) is 8.29. The number of hydrogen-bond acceptors (Lipinski definition) is 3. The molecule has 0 unspecified atom stereocenters. The molecule has 76 valence electrons. The monoisotopic (exact) mass is 192 g/mol. The molecular formula is C10H16N4. The highest BCUT2D eigenvalue weighted by Crippen LogP contribution is 2.36. The van der Waals surface area contributed by atoms with Gasteiger partial charge in [0, 0.05) is 18.7 Å². The van der Waals surface area contributed by atoms with Crippen LogP contribution in [-0.2, 0) is 19.5 Å². The Kier molecular flexibility index (Phi) is 1.85. The molecule has 0 atom stereocenters. The van der Waals surface area contributed by atoms with E-state index in [0.717, 1.165) is 19.5 Å². The van der Waals surface area contributed by atoms with Gasteiger partial charge in [-0.3, -0.25) is 4.68 Å². The van der Waals surface area contributed by atoms with Crippen molar-refractivity contribution in [1.82, 2.24) is 15.1 Å². The van der Waals surface area contributed by atoms with Crippen LogP contribution in [0.3, 0.4) is 0 Å². The number of hydrogen-bond donors (Lipinski definition) is 2. The molecule has 2 aliphatic rings. The Labute approximate surface area is 83.5 Å². The van der Waals surface area contributed by atoms with Crippen LogP contribution in [0.4, 0.5) is 0 Å². The van der Waals surface area contributed by atoms with Crippen LogP contribution in [0.15, 0.2) is 0 Å².